The van der Waals surface area contributed by atoms with Crippen molar-refractivity contribution >= 4 is 17.5 Å². The summed E-state index contributed by atoms with van der Waals surface area (Å²) in [5, 5.41) is 8.58. The molecule has 2 aliphatic rings. The molecule has 1 fully saturated rings. The van der Waals surface area contributed by atoms with Crippen LogP contribution in [0.2, 0.25) is 5.02 Å². The highest BCUT2D eigenvalue weighted by Gasteiger charge is 2.35. The summed E-state index contributed by atoms with van der Waals surface area (Å²) in [7, 11) is 0. The van der Waals surface area contributed by atoms with Gasteiger partial charge in [-0.3, -0.25) is 4.79 Å². The van der Waals surface area contributed by atoms with Gasteiger partial charge in [-0.05, 0) is 37.8 Å². The van der Waals surface area contributed by atoms with Crippen LogP contribution in [-0.2, 0) is 13.0 Å². The first kappa shape index (κ1) is 17.4. The molecule has 0 bridgehead atoms. The number of hydrogen-bond donors (Lipinski definition) is 0. The van der Waals surface area contributed by atoms with Crippen LogP contribution in [0.3, 0.4) is 0 Å². The molecular weight excluding hydrogens is 362 g/mol. The van der Waals surface area contributed by atoms with E-state index in [1.165, 1.54) is 0 Å². The monoisotopic (exact) mass is 380 g/mol. The number of hydrogen-bond acceptors (Lipinski definition) is 3. The van der Waals surface area contributed by atoms with Gasteiger partial charge in [-0.1, -0.05) is 18.0 Å². The van der Waals surface area contributed by atoms with Gasteiger partial charge >= 0.3 is 0 Å². The summed E-state index contributed by atoms with van der Waals surface area (Å²) < 4.78 is 29.1. The van der Waals surface area contributed by atoms with E-state index in [1.54, 1.807) is 4.90 Å². The van der Waals surface area contributed by atoms with Crippen LogP contribution in [0.5, 0.6) is 0 Å². The Kier molecular flexibility index (Phi) is 4.65. The van der Waals surface area contributed by atoms with Crippen molar-refractivity contribution in [3.05, 3.63) is 46.0 Å². The lowest BCUT2D eigenvalue weighted by atomic mass is 10.1. The molecule has 3 heterocycles. The Labute approximate surface area is 155 Å². The fourth-order valence-electron chi connectivity index (χ4n) is 3.87. The molecule has 5 nitrogen and oxygen atoms in total. The summed E-state index contributed by atoms with van der Waals surface area (Å²) in [6.07, 6.45) is 5.79. The van der Waals surface area contributed by atoms with Gasteiger partial charge in [0, 0.05) is 19.5 Å². The van der Waals surface area contributed by atoms with Gasteiger partial charge in [-0.15, -0.1) is 10.2 Å². The molecule has 2 aromatic rings. The SMILES string of the molecule is O=C(c1cc(F)c(F)cc1Cl)N1CCCC1c1nnc2n1CCCCC2. The molecule has 0 N–H and O–H groups in total. The second kappa shape index (κ2) is 6.95. The third-order valence-electron chi connectivity index (χ3n) is 5.19. The largest absolute Gasteiger partial charge is 0.328 e. The first-order valence-corrected chi connectivity index (χ1v) is 9.31. The standard InChI is InChI=1S/C18H19ClF2N4O/c19-12-10-14(21)13(20)9-11(12)18(26)24-8-4-5-15(24)17-23-22-16-6-2-1-3-7-25(16)17/h9-10,15H,1-8H2. The molecule has 8 heteroatoms. The van der Waals surface area contributed by atoms with Gasteiger partial charge in [-0.2, -0.15) is 0 Å². The van der Waals surface area contributed by atoms with Crippen LogP contribution in [0.25, 0.3) is 0 Å². The highest BCUT2D eigenvalue weighted by molar-refractivity contribution is 6.33. The normalized spacial score (nSPS) is 20.1. The number of benzene rings is 1. The van der Waals surface area contributed by atoms with Crippen LogP contribution in [0, 0.1) is 11.6 Å². The van der Waals surface area contributed by atoms with Crippen molar-refractivity contribution < 1.29 is 13.6 Å². The van der Waals surface area contributed by atoms with Crippen molar-refractivity contribution in [1.82, 2.24) is 19.7 Å². The zero-order chi connectivity index (χ0) is 18.3. The molecular formula is C18H19ClF2N4O. The van der Waals surface area contributed by atoms with E-state index in [1.807, 2.05) is 0 Å². The maximum Gasteiger partial charge on any atom is 0.256 e. The number of aryl methyl sites for hydroxylation is 1. The Balaban J connectivity index is 1.66. The quantitative estimate of drug-likeness (QED) is 0.742. The minimum Gasteiger partial charge on any atom is -0.328 e. The maximum absolute atomic E-state index is 13.6. The molecule has 4 rings (SSSR count). The van der Waals surface area contributed by atoms with Gasteiger partial charge in [0.1, 0.15) is 5.82 Å². The summed E-state index contributed by atoms with van der Waals surface area (Å²) >= 11 is 6.00. The Hall–Kier alpha value is -2.02. The number of likely N-dealkylation sites (tertiary alicyclic amines) is 1. The summed E-state index contributed by atoms with van der Waals surface area (Å²) in [6.45, 7) is 1.38. The number of halogens is 3. The average molecular weight is 381 g/mol. The molecule has 0 aliphatic carbocycles. The number of carbonyl (C=O) groups excluding carboxylic acids is 1. The topological polar surface area (TPSA) is 51.0 Å². The molecule has 138 valence electrons. The minimum absolute atomic E-state index is 0.0203. The maximum atomic E-state index is 13.6. The Morgan fingerprint density at radius 2 is 1.88 bits per heavy atom. The van der Waals surface area contributed by atoms with Gasteiger partial charge in [-0.25, -0.2) is 8.78 Å². The van der Waals surface area contributed by atoms with Crippen LogP contribution in [0.1, 0.15) is 60.2 Å². The lowest BCUT2D eigenvalue weighted by molar-refractivity contribution is 0.0726. The van der Waals surface area contributed by atoms with Gasteiger partial charge in [0.2, 0.25) is 0 Å². The third-order valence-corrected chi connectivity index (χ3v) is 5.50. The molecule has 1 unspecified atom stereocenters. The number of fused-ring (bicyclic) bond motifs is 1. The number of amides is 1. The molecule has 1 aromatic heterocycles. The van der Waals surface area contributed by atoms with E-state index in [0.29, 0.717) is 6.54 Å². The molecule has 0 spiro atoms. The van der Waals surface area contributed by atoms with Gasteiger partial charge in [0.05, 0.1) is 16.6 Å². The number of rotatable bonds is 2. The smallest absolute Gasteiger partial charge is 0.256 e. The van der Waals surface area contributed by atoms with Crippen LogP contribution < -0.4 is 0 Å². The van der Waals surface area contributed by atoms with Crippen molar-refractivity contribution in [3.8, 4) is 0 Å². The number of nitrogens with zero attached hydrogens (tertiary/aromatic N) is 4. The highest BCUT2D eigenvalue weighted by Crippen LogP contribution is 2.34. The first-order valence-electron chi connectivity index (χ1n) is 8.93. The highest BCUT2D eigenvalue weighted by atomic mass is 35.5. The zero-order valence-electron chi connectivity index (χ0n) is 14.2. The van der Waals surface area contributed by atoms with Crippen molar-refractivity contribution in [1.29, 1.82) is 0 Å². The lowest BCUT2D eigenvalue weighted by Crippen LogP contribution is -2.32. The van der Waals surface area contributed by atoms with Crippen LogP contribution in [0.4, 0.5) is 8.78 Å². The van der Waals surface area contributed by atoms with E-state index >= 15 is 0 Å². The van der Waals surface area contributed by atoms with E-state index in [9.17, 15) is 13.6 Å². The van der Waals surface area contributed by atoms with Gasteiger partial charge in [0.25, 0.3) is 5.91 Å². The summed E-state index contributed by atoms with van der Waals surface area (Å²) in [6, 6.07) is 1.50. The summed E-state index contributed by atoms with van der Waals surface area (Å²) in [4.78, 5) is 14.6. The van der Waals surface area contributed by atoms with Crippen molar-refractivity contribution in [2.45, 2.75) is 51.1 Å². The molecule has 0 saturated carbocycles. The van der Waals surface area contributed by atoms with Crippen molar-refractivity contribution in [3.63, 3.8) is 0 Å². The molecule has 0 radical (unpaired) electrons. The minimum atomic E-state index is -1.08. The van der Waals surface area contributed by atoms with E-state index in [0.717, 1.165) is 68.9 Å². The molecule has 1 saturated heterocycles. The van der Waals surface area contributed by atoms with Crippen molar-refractivity contribution in [2.24, 2.45) is 0 Å². The van der Waals surface area contributed by atoms with E-state index in [-0.39, 0.29) is 16.6 Å². The average Bonchev–Trinajstić information content (AvgIpc) is 3.18. The predicted molar refractivity (Wildman–Crippen MR) is 92.0 cm³/mol. The zero-order valence-corrected chi connectivity index (χ0v) is 15.0. The van der Waals surface area contributed by atoms with Crippen LogP contribution in [0.15, 0.2) is 12.1 Å². The van der Waals surface area contributed by atoms with Crippen LogP contribution in [-0.4, -0.2) is 32.1 Å². The van der Waals surface area contributed by atoms with E-state index in [2.05, 4.69) is 14.8 Å². The summed E-state index contributed by atoms with van der Waals surface area (Å²) in [5.41, 5.74) is -0.0203. The number of aromatic nitrogens is 3. The van der Waals surface area contributed by atoms with Gasteiger partial charge in [0.15, 0.2) is 17.5 Å². The van der Waals surface area contributed by atoms with E-state index < -0.39 is 17.5 Å². The Bertz CT molecular complexity index is 854. The third kappa shape index (κ3) is 2.98. The number of carbonyl (C=O) groups is 1. The van der Waals surface area contributed by atoms with Crippen LogP contribution >= 0.6 is 11.6 Å². The molecule has 1 aromatic carbocycles. The fraction of sp³-hybridized carbons (Fsp3) is 0.500. The molecule has 2 aliphatic heterocycles. The summed E-state index contributed by atoms with van der Waals surface area (Å²) in [5.74, 6) is -0.798. The van der Waals surface area contributed by atoms with Crippen molar-refractivity contribution in [2.75, 3.05) is 6.54 Å². The lowest BCUT2D eigenvalue weighted by Gasteiger charge is -2.25. The molecule has 26 heavy (non-hydrogen) atoms. The van der Waals surface area contributed by atoms with E-state index in [4.69, 9.17) is 11.6 Å². The molecule has 1 atom stereocenters. The molecule has 1 amide bonds. The fourth-order valence-corrected chi connectivity index (χ4v) is 4.10. The predicted octanol–water partition coefficient (Wildman–Crippen LogP) is 3.91. The Morgan fingerprint density at radius 3 is 2.73 bits per heavy atom. The first-order chi connectivity index (χ1) is 12.6. The second-order valence-electron chi connectivity index (χ2n) is 6.84. The van der Waals surface area contributed by atoms with Gasteiger partial charge < -0.3 is 9.47 Å². The Morgan fingerprint density at radius 1 is 1.08 bits per heavy atom. The second-order valence-corrected chi connectivity index (χ2v) is 7.25.